The zero-order valence-corrected chi connectivity index (χ0v) is 11.7. The SMILES string of the molecule is Cc1cc(C(N)=O)ccc1NCc1cccc(Cl)c1F. The lowest BCUT2D eigenvalue weighted by Gasteiger charge is -2.11. The smallest absolute Gasteiger partial charge is 0.248 e. The van der Waals surface area contributed by atoms with Gasteiger partial charge >= 0.3 is 0 Å². The molecule has 2 aromatic rings. The average Bonchev–Trinajstić information content (AvgIpc) is 2.41. The molecule has 0 spiro atoms. The van der Waals surface area contributed by atoms with Crippen LogP contribution in [0.25, 0.3) is 0 Å². The van der Waals surface area contributed by atoms with Crippen LogP contribution >= 0.6 is 11.6 Å². The molecule has 2 rings (SSSR count). The lowest BCUT2D eigenvalue weighted by molar-refractivity contribution is 0.1000. The van der Waals surface area contributed by atoms with Crippen LogP contribution < -0.4 is 11.1 Å². The Bertz CT molecular complexity index is 658. The number of carbonyl (C=O) groups excluding carboxylic acids is 1. The first-order chi connectivity index (χ1) is 9.49. The summed E-state index contributed by atoms with van der Waals surface area (Å²) in [6.45, 7) is 2.16. The summed E-state index contributed by atoms with van der Waals surface area (Å²) >= 11 is 5.73. The van der Waals surface area contributed by atoms with Gasteiger partial charge in [-0.05, 0) is 36.8 Å². The molecule has 1 amide bonds. The summed E-state index contributed by atoms with van der Waals surface area (Å²) < 4.78 is 13.7. The number of aryl methyl sites for hydroxylation is 1. The largest absolute Gasteiger partial charge is 0.381 e. The third-order valence-electron chi connectivity index (χ3n) is 3.01. The van der Waals surface area contributed by atoms with E-state index < -0.39 is 11.7 Å². The van der Waals surface area contributed by atoms with E-state index in [0.29, 0.717) is 17.7 Å². The first-order valence-electron chi connectivity index (χ1n) is 6.06. The number of hydrogen-bond donors (Lipinski definition) is 2. The van der Waals surface area contributed by atoms with Crippen molar-refractivity contribution in [2.24, 2.45) is 5.73 Å². The normalized spacial score (nSPS) is 10.3. The summed E-state index contributed by atoms with van der Waals surface area (Å²) in [6.07, 6.45) is 0. The summed E-state index contributed by atoms with van der Waals surface area (Å²) in [4.78, 5) is 11.1. The Kier molecular flexibility index (Phi) is 4.25. The summed E-state index contributed by atoms with van der Waals surface area (Å²) in [6, 6.07) is 9.95. The van der Waals surface area contributed by atoms with Gasteiger partial charge in [0.05, 0.1) is 5.02 Å². The Morgan fingerprint density at radius 2 is 2.10 bits per heavy atom. The van der Waals surface area contributed by atoms with Crippen molar-refractivity contribution in [2.45, 2.75) is 13.5 Å². The molecule has 0 unspecified atom stereocenters. The molecule has 0 heterocycles. The molecule has 2 aromatic carbocycles. The maximum Gasteiger partial charge on any atom is 0.248 e. The summed E-state index contributed by atoms with van der Waals surface area (Å²) in [5, 5.41) is 3.21. The van der Waals surface area contributed by atoms with Crippen LogP contribution in [0.2, 0.25) is 5.02 Å². The van der Waals surface area contributed by atoms with E-state index in [9.17, 15) is 9.18 Å². The van der Waals surface area contributed by atoms with Crippen LogP contribution in [-0.2, 0) is 6.54 Å². The van der Waals surface area contributed by atoms with Gasteiger partial charge in [0, 0.05) is 23.4 Å². The number of anilines is 1. The third-order valence-corrected chi connectivity index (χ3v) is 3.30. The Morgan fingerprint density at radius 1 is 1.35 bits per heavy atom. The zero-order chi connectivity index (χ0) is 14.7. The Balaban J connectivity index is 2.15. The van der Waals surface area contributed by atoms with Crippen molar-refractivity contribution in [3.05, 3.63) is 63.9 Å². The van der Waals surface area contributed by atoms with Gasteiger partial charge in [-0.1, -0.05) is 23.7 Å². The fraction of sp³-hybridized carbons (Fsp3) is 0.133. The predicted molar refractivity (Wildman–Crippen MR) is 78.4 cm³/mol. The number of benzene rings is 2. The lowest BCUT2D eigenvalue weighted by Crippen LogP contribution is -2.11. The molecule has 3 N–H and O–H groups in total. The van der Waals surface area contributed by atoms with E-state index in [2.05, 4.69) is 5.32 Å². The number of amides is 1. The van der Waals surface area contributed by atoms with Crippen LogP contribution in [0, 0.1) is 12.7 Å². The van der Waals surface area contributed by atoms with Crippen LogP contribution in [0.4, 0.5) is 10.1 Å². The predicted octanol–water partition coefficient (Wildman–Crippen LogP) is 3.50. The van der Waals surface area contributed by atoms with Gasteiger partial charge in [-0.3, -0.25) is 4.79 Å². The molecular formula is C15H14ClFN2O. The molecule has 20 heavy (non-hydrogen) atoms. The van der Waals surface area contributed by atoms with Crippen molar-refractivity contribution in [1.82, 2.24) is 0 Å². The number of rotatable bonds is 4. The topological polar surface area (TPSA) is 55.1 Å². The van der Waals surface area contributed by atoms with Gasteiger partial charge in [0.15, 0.2) is 0 Å². The molecule has 0 radical (unpaired) electrons. The molecular weight excluding hydrogens is 279 g/mol. The number of halogens is 2. The number of hydrogen-bond acceptors (Lipinski definition) is 2. The molecule has 0 saturated heterocycles. The van der Waals surface area contributed by atoms with E-state index in [0.717, 1.165) is 11.3 Å². The van der Waals surface area contributed by atoms with Crippen molar-refractivity contribution in [1.29, 1.82) is 0 Å². The maximum atomic E-state index is 13.7. The summed E-state index contributed by atoms with van der Waals surface area (Å²) in [5.74, 6) is -0.895. The highest BCUT2D eigenvalue weighted by molar-refractivity contribution is 6.30. The van der Waals surface area contributed by atoms with Gasteiger partial charge in [0.25, 0.3) is 0 Å². The van der Waals surface area contributed by atoms with Crippen LogP contribution in [0.3, 0.4) is 0 Å². The van der Waals surface area contributed by atoms with E-state index in [1.165, 1.54) is 6.07 Å². The fourth-order valence-electron chi connectivity index (χ4n) is 1.89. The molecule has 5 heteroatoms. The highest BCUT2D eigenvalue weighted by atomic mass is 35.5. The number of carbonyl (C=O) groups is 1. The highest BCUT2D eigenvalue weighted by Crippen LogP contribution is 2.21. The minimum atomic E-state index is -0.472. The minimum Gasteiger partial charge on any atom is -0.381 e. The minimum absolute atomic E-state index is 0.102. The van der Waals surface area contributed by atoms with E-state index in [-0.39, 0.29) is 5.02 Å². The van der Waals surface area contributed by atoms with Crippen LogP contribution in [-0.4, -0.2) is 5.91 Å². The number of primary amides is 1. The third kappa shape index (κ3) is 3.08. The molecule has 0 aromatic heterocycles. The van der Waals surface area contributed by atoms with Crippen LogP contribution in [0.1, 0.15) is 21.5 Å². The van der Waals surface area contributed by atoms with Gasteiger partial charge in [-0.25, -0.2) is 4.39 Å². The second-order valence-electron chi connectivity index (χ2n) is 4.46. The molecule has 0 aliphatic carbocycles. The average molecular weight is 293 g/mol. The van der Waals surface area contributed by atoms with Gasteiger partial charge in [0.2, 0.25) is 5.91 Å². The molecule has 0 bridgehead atoms. The van der Waals surface area contributed by atoms with E-state index in [4.69, 9.17) is 17.3 Å². The van der Waals surface area contributed by atoms with Crippen molar-refractivity contribution in [2.75, 3.05) is 5.32 Å². The quantitative estimate of drug-likeness (QED) is 0.906. The molecule has 0 saturated carbocycles. The molecule has 3 nitrogen and oxygen atoms in total. The molecule has 0 aliphatic rings. The van der Waals surface area contributed by atoms with E-state index in [1.807, 2.05) is 6.92 Å². The second-order valence-corrected chi connectivity index (χ2v) is 4.87. The highest BCUT2D eigenvalue weighted by Gasteiger charge is 2.07. The van der Waals surface area contributed by atoms with E-state index >= 15 is 0 Å². The second kappa shape index (κ2) is 5.92. The van der Waals surface area contributed by atoms with Gasteiger partial charge in [-0.2, -0.15) is 0 Å². The molecule has 104 valence electrons. The summed E-state index contributed by atoms with van der Waals surface area (Å²) in [7, 11) is 0. The van der Waals surface area contributed by atoms with Gasteiger partial charge in [0.1, 0.15) is 5.82 Å². The van der Waals surface area contributed by atoms with Crippen LogP contribution in [0.5, 0.6) is 0 Å². The van der Waals surface area contributed by atoms with Crippen molar-refractivity contribution < 1.29 is 9.18 Å². The zero-order valence-electron chi connectivity index (χ0n) is 10.9. The number of nitrogens with two attached hydrogens (primary N) is 1. The number of nitrogens with one attached hydrogen (secondary N) is 1. The van der Waals surface area contributed by atoms with Gasteiger partial charge in [-0.15, -0.1) is 0 Å². The van der Waals surface area contributed by atoms with Gasteiger partial charge < -0.3 is 11.1 Å². The Morgan fingerprint density at radius 3 is 2.75 bits per heavy atom. The molecule has 0 fully saturated rings. The Labute approximate surface area is 121 Å². The van der Waals surface area contributed by atoms with Crippen molar-refractivity contribution >= 4 is 23.2 Å². The monoisotopic (exact) mass is 292 g/mol. The standard InChI is InChI=1S/C15H14ClFN2O/c1-9-7-10(15(18)20)5-6-13(9)19-8-11-3-2-4-12(16)14(11)17/h2-7,19H,8H2,1H3,(H2,18,20). The fourth-order valence-corrected chi connectivity index (χ4v) is 2.08. The van der Waals surface area contributed by atoms with Crippen molar-refractivity contribution in [3.63, 3.8) is 0 Å². The first kappa shape index (κ1) is 14.3. The Hall–Kier alpha value is -2.07. The van der Waals surface area contributed by atoms with E-state index in [1.54, 1.807) is 30.3 Å². The maximum absolute atomic E-state index is 13.7. The molecule has 0 aliphatic heterocycles. The first-order valence-corrected chi connectivity index (χ1v) is 6.44. The van der Waals surface area contributed by atoms with Crippen LogP contribution in [0.15, 0.2) is 36.4 Å². The lowest BCUT2D eigenvalue weighted by atomic mass is 10.1. The van der Waals surface area contributed by atoms with Crippen molar-refractivity contribution in [3.8, 4) is 0 Å². The molecule has 0 atom stereocenters. The summed E-state index contributed by atoms with van der Waals surface area (Å²) in [5.41, 5.74) is 7.82.